The van der Waals surface area contributed by atoms with Gasteiger partial charge in [0, 0.05) is 17.7 Å². The van der Waals surface area contributed by atoms with Crippen LogP contribution in [0, 0.1) is 10.1 Å². The Morgan fingerprint density at radius 1 is 1.30 bits per heavy atom. The average Bonchev–Trinajstić information content (AvgIpc) is 3.13. The molecule has 1 aliphatic rings. The number of amides is 1. The second kappa shape index (κ2) is 8.04. The van der Waals surface area contributed by atoms with Crippen molar-refractivity contribution < 1.29 is 28.7 Å². The molecule has 0 saturated carbocycles. The molecule has 0 fully saturated rings. The number of hydrogen-bond donors (Lipinski definition) is 1. The fourth-order valence-electron chi connectivity index (χ4n) is 2.30. The van der Waals surface area contributed by atoms with Crippen molar-refractivity contribution in [3.8, 4) is 23.0 Å². The van der Waals surface area contributed by atoms with E-state index in [9.17, 15) is 14.9 Å². The number of benzene rings is 2. The summed E-state index contributed by atoms with van der Waals surface area (Å²) in [5.74, 6) is 1.02. The lowest BCUT2D eigenvalue weighted by Gasteiger charge is -2.07. The molecule has 140 valence electrons. The minimum atomic E-state index is -0.586. The number of para-hydroxylation sites is 2. The number of ether oxygens (including phenoxy) is 4. The van der Waals surface area contributed by atoms with Crippen LogP contribution in [0.4, 0.5) is 5.69 Å². The largest absolute Gasteiger partial charge is 0.496 e. The SMILES string of the molecule is COc1cc2c(cc1/C=N\NC(=O)COc1ccccc1[N+](=O)[O-])OCO2. The van der Waals surface area contributed by atoms with Gasteiger partial charge in [0.2, 0.25) is 6.79 Å². The van der Waals surface area contributed by atoms with Crippen molar-refractivity contribution >= 4 is 17.8 Å². The van der Waals surface area contributed by atoms with E-state index in [0.29, 0.717) is 22.8 Å². The third kappa shape index (κ3) is 4.24. The predicted octanol–water partition coefficient (Wildman–Crippen LogP) is 1.86. The minimum absolute atomic E-state index is 0.000861. The van der Waals surface area contributed by atoms with Gasteiger partial charge in [-0.15, -0.1) is 0 Å². The highest BCUT2D eigenvalue weighted by Crippen LogP contribution is 2.37. The lowest BCUT2D eigenvalue weighted by molar-refractivity contribution is -0.385. The topological polar surface area (TPSA) is 122 Å². The lowest BCUT2D eigenvalue weighted by atomic mass is 10.2. The summed E-state index contributed by atoms with van der Waals surface area (Å²) in [6, 6.07) is 9.10. The molecular weight excluding hydrogens is 358 g/mol. The van der Waals surface area contributed by atoms with Gasteiger partial charge in [-0.25, -0.2) is 5.43 Å². The first-order chi connectivity index (χ1) is 13.1. The zero-order valence-electron chi connectivity index (χ0n) is 14.2. The van der Waals surface area contributed by atoms with Crippen LogP contribution in [0.2, 0.25) is 0 Å². The smallest absolute Gasteiger partial charge is 0.310 e. The maximum atomic E-state index is 11.8. The number of fused-ring (bicyclic) bond motifs is 1. The molecule has 0 radical (unpaired) electrons. The zero-order chi connectivity index (χ0) is 19.2. The van der Waals surface area contributed by atoms with Crippen molar-refractivity contribution in [2.45, 2.75) is 0 Å². The molecule has 0 bridgehead atoms. The second-order valence-electron chi connectivity index (χ2n) is 5.25. The van der Waals surface area contributed by atoms with Crippen LogP contribution in [0.1, 0.15) is 5.56 Å². The summed E-state index contributed by atoms with van der Waals surface area (Å²) in [6.07, 6.45) is 1.38. The van der Waals surface area contributed by atoms with E-state index >= 15 is 0 Å². The maximum absolute atomic E-state index is 11.8. The van der Waals surface area contributed by atoms with Crippen LogP contribution in [-0.4, -0.2) is 37.6 Å². The van der Waals surface area contributed by atoms with Crippen molar-refractivity contribution in [2.75, 3.05) is 20.5 Å². The predicted molar refractivity (Wildman–Crippen MR) is 93.4 cm³/mol. The quantitative estimate of drug-likeness (QED) is 0.446. The number of nitro benzene ring substituents is 1. The van der Waals surface area contributed by atoms with E-state index in [4.69, 9.17) is 18.9 Å². The summed E-state index contributed by atoms with van der Waals surface area (Å²) in [5.41, 5.74) is 2.62. The molecule has 10 nitrogen and oxygen atoms in total. The maximum Gasteiger partial charge on any atom is 0.310 e. The van der Waals surface area contributed by atoms with Gasteiger partial charge in [-0.05, 0) is 12.1 Å². The first-order valence-electron chi connectivity index (χ1n) is 7.74. The lowest BCUT2D eigenvalue weighted by Crippen LogP contribution is -2.24. The van der Waals surface area contributed by atoms with Gasteiger partial charge < -0.3 is 18.9 Å². The van der Waals surface area contributed by atoms with Crippen molar-refractivity contribution in [2.24, 2.45) is 5.10 Å². The third-order valence-electron chi connectivity index (χ3n) is 3.54. The number of carbonyl (C=O) groups is 1. The Balaban J connectivity index is 1.59. The molecule has 0 atom stereocenters. The molecule has 1 heterocycles. The molecular formula is C17H15N3O7. The van der Waals surface area contributed by atoms with Gasteiger partial charge >= 0.3 is 5.69 Å². The summed E-state index contributed by atoms with van der Waals surface area (Å²) in [4.78, 5) is 22.2. The van der Waals surface area contributed by atoms with Crippen LogP contribution in [-0.2, 0) is 4.79 Å². The number of methoxy groups -OCH3 is 1. The number of rotatable bonds is 7. The van der Waals surface area contributed by atoms with Gasteiger partial charge in [-0.2, -0.15) is 5.10 Å². The van der Waals surface area contributed by atoms with E-state index in [1.54, 1.807) is 18.2 Å². The van der Waals surface area contributed by atoms with Crippen molar-refractivity contribution in [3.05, 3.63) is 52.1 Å². The Kier molecular flexibility index (Phi) is 5.36. The van der Waals surface area contributed by atoms with E-state index in [2.05, 4.69) is 10.5 Å². The highest BCUT2D eigenvalue weighted by molar-refractivity contribution is 5.87. The Hall–Kier alpha value is -3.82. The number of hydrazone groups is 1. The summed E-state index contributed by atoms with van der Waals surface area (Å²) < 4.78 is 21.0. The molecule has 10 heteroatoms. The molecule has 0 saturated heterocycles. The van der Waals surface area contributed by atoms with Crippen LogP contribution in [0.25, 0.3) is 0 Å². The van der Waals surface area contributed by atoms with Crippen LogP contribution >= 0.6 is 0 Å². The normalized spacial score (nSPS) is 12.0. The number of carbonyl (C=O) groups excluding carboxylic acids is 1. The fourth-order valence-corrected chi connectivity index (χ4v) is 2.30. The van der Waals surface area contributed by atoms with E-state index in [-0.39, 0.29) is 18.2 Å². The zero-order valence-corrected chi connectivity index (χ0v) is 14.2. The Labute approximate surface area is 153 Å². The first kappa shape index (κ1) is 18.0. The van der Waals surface area contributed by atoms with Gasteiger partial charge in [-0.3, -0.25) is 14.9 Å². The number of nitrogens with zero attached hydrogens (tertiary/aromatic N) is 2. The van der Waals surface area contributed by atoms with Gasteiger partial charge in [0.05, 0.1) is 18.2 Å². The minimum Gasteiger partial charge on any atom is -0.496 e. The van der Waals surface area contributed by atoms with Gasteiger partial charge in [-0.1, -0.05) is 12.1 Å². The summed E-state index contributed by atoms with van der Waals surface area (Å²) in [6.45, 7) is -0.306. The standard InChI is InChI=1S/C17H15N3O7/c1-24-14-7-16-15(26-10-27-16)6-11(14)8-18-19-17(21)9-25-13-5-3-2-4-12(13)20(22)23/h2-8H,9-10H2,1H3,(H,19,21)/b18-8-. The van der Waals surface area contributed by atoms with E-state index in [1.807, 2.05) is 0 Å². The molecule has 0 aromatic heterocycles. The molecule has 0 spiro atoms. The van der Waals surface area contributed by atoms with Crippen molar-refractivity contribution in [3.63, 3.8) is 0 Å². The van der Waals surface area contributed by atoms with Crippen LogP contribution in [0.15, 0.2) is 41.5 Å². The highest BCUT2D eigenvalue weighted by Gasteiger charge is 2.17. The molecule has 1 aliphatic heterocycles. The second-order valence-corrected chi connectivity index (χ2v) is 5.25. The Morgan fingerprint density at radius 2 is 2.04 bits per heavy atom. The molecule has 2 aromatic rings. The van der Waals surface area contributed by atoms with Crippen molar-refractivity contribution in [1.29, 1.82) is 0 Å². The summed E-state index contributed by atoms with van der Waals surface area (Å²) >= 11 is 0. The molecule has 1 N–H and O–H groups in total. The summed E-state index contributed by atoms with van der Waals surface area (Å²) in [5, 5.41) is 14.7. The van der Waals surface area contributed by atoms with Gasteiger partial charge in [0.15, 0.2) is 23.9 Å². The average molecular weight is 373 g/mol. The summed E-state index contributed by atoms with van der Waals surface area (Å²) in [7, 11) is 1.49. The van der Waals surface area contributed by atoms with Crippen LogP contribution in [0.5, 0.6) is 23.0 Å². The molecule has 1 amide bonds. The number of nitro groups is 1. The third-order valence-corrected chi connectivity index (χ3v) is 3.54. The Morgan fingerprint density at radius 3 is 2.78 bits per heavy atom. The molecule has 0 aliphatic carbocycles. The van der Waals surface area contributed by atoms with E-state index in [1.165, 1.54) is 31.5 Å². The van der Waals surface area contributed by atoms with E-state index < -0.39 is 17.4 Å². The first-order valence-corrected chi connectivity index (χ1v) is 7.74. The number of nitrogens with one attached hydrogen (secondary N) is 1. The molecule has 0 unspecified atom stereocenters. The molecule has 27 heavy (non-hydrogen) atoms. The molecule has 2 aromatic carbocycles. The van der Waals surface area contributed by atoms with Crippen LogP contribution in [0.3, 0.4) is 0 Å². The number of hydrogen-bond acceptors (Lipinski definition) is 8. The highest BCUT2D eigenvalue weighted by atomic mass is 16.7. The van der Waals surface area contributed by atoms with Crippen LogP contribution < -0.4 is 24.4 Å². The van der Waals surface area contributed by atoms with Crippen molar-refractivity contribution in [1.82, 2.24) is 5.43 Å². The van der Waals surface area contributed by atoms with Gasteiger partial charge in [0.1, 0.15) is 5.75 Å². The Bertz CT molecular complexity index is 898. The monoisotopic (exact) mass is 373 g/mol. The molecule has 3 rings (SSSR count). The van der Waals surface area contributed by atoms with Gasteiger partial charge in [0.25, 0.3) is 5.91 Å². The van der Waals surface area contributed by atoms with E-state index in [0.717, 1.165) is 0 Å². The fraction of sp³-hybridized carbons (Fsp3) is 0.176.